The van der Waals surface area contributed by atoms with Gasteiger partial charge in [-0.05, 0) is 49.9 Å². The van der Waals surface area contributed by atoms with E-state index in [-0.39, 0.29) is 0 Å². The molecule has 0 bridgehead atoms. The molecule has 0 aliphatic rings. The van der Waals surface area contributed by atoms with Gasteiger partial charge in [0.1, 0.15) is 0 Å². The fourth-order valence-corrected chi connectivity index (χ4v) is 1.85. The fourth-order valence-electron chi connectivity index (χ4n) is 1.85. The second-order valence-corrected chi connectivity index (χ2v) is 3.90. The molecule has 0 unspecified atom stereocenters. The van der Waals surface area contributed by atoms with Crippen LogP contribution >= 0.6 is 0 Å². The zero-order chi connectivity index (χ0) is 12.5. The van der Waals surface area contributed by atoms with Gasteiger partial charge in [0.15, 0.2) is 6.29 Å². The Morgan fingerprint density at radius 2 is 1.50 bits per heavy atom. The largest absolute Gasteiger partial charge is 0.465 e. The third-order valence-electron chi connectivity index (χ3n) is 3.24. The minimum Gasteiger partial charge on any atom is -0.465 e. The van der Waals surface area contributed by atoms with Gasteiger partial charge in [0.2, 0.25) is 0 Å². The quantitative estimate of drug-likeness (QED) is 0.568. The van der Waals surface area contributed by atoms with Crippen molar-refractivity contribution in [1.82, 2.24) is 0 Å². The SMILES string of the molecule is COC(=O)c1c(C)c(C)c(C)c(C)c1C=O. The Labute approximate surface area is 95.4 Å². The first-order valence-corrected chi connectivity index (χ1v) is 5.09. The van der Waals surface area contributed by atoms with E-state index in [2.05, 4.69) is 0 Å². The number of methoxy groups -OCH3 is 1. The maximum Gasteiger partial charge on any atom is 0.338 e. The molecule has 1 rings (SSSR count). The normalized spacial score (nSPS) is 10.1. The molecule has 0 atom stereocenters. The summed E-state index contributed by atoms with van der Waals surface area (Å²) in [5.74, 6) is -0.453. The van der Waals surface area contributed by atoms with E-state index < -0.39 is 5.97 Å². The number of esters is 1. The summed E-state index contributed by atoms with van der Waals surface area (Å²) in [7, 11) is 1.32. The van der Waals surface area contributed by atoms with Crippen molar-refractivity contribution in [2.45, 2.75) is 27.7 Å². The van der Waals surface area contributed by atoms with Crippen molar-refractivity contribution in [3.63, 3.8) is 0 Å². The van der Waals surface area contributed by atoms with Gasteiger partial charge in [-0.15, -0.1) is 0 Å². The van der Waals surface area contributed by atoms with E-state index >= 15 is 0 Å². The molecule has 16 heavy (non-hydrogen) atoms. The number of hydrogen-bond acceptors (Lipinski definition) is 3. The molecule has 0 radical (unpaired) electrons. The van der Waals surface area contributed by atoms with Gasteiger partial charge in [0.05, 0.1) is 12.7 Å². The van der Waals surface area contributed by atoms with Gasteiger partial charge in [-0.25, -0.2) is 4.79 Å². The molecule has 0 N–H and O–H groups in total. The molecule has 1 aromatic rings. The first kappa shape index (κ1) is 12.4. The maximum absolute atomic E-state index is 11.6. The number of carbonyl (C=O) groups excluding carboxylic acids is 2. The molecular weight excluding hydrogens is 204 g/mol. The van der Waals surface area contributed by atoms with Crippen molar-refractivity contribution >= 4 is 12.3 Å². The van der Waals surface area contributed by atoms with Crippen molar-refractivity contribution in [2.24, 2.45) is 0 Å². The van der Waals surface area contributed by atoms with Gasteiger partial charge in [-0.3, -0.25) is 4.79 Å². The average Bonchev–Trinajstić information content (AvgIpc) is 2.29. The van der Waals surface area contributed by atoms with Crippen molar-refractivity contribution in [2.75, 3.05) is 7.11 Å². The fraction of sp³-hybridized carbons (Fsp3) is 0.385. The highest BCUT2D eigenvalue weighted by molar-refractivity contribution is 6.01. The lowest BCUT2D eigenvalue weighted by Crippen LogP contribution is -2.12. The Morgan fingerprint density at radius 3 is 1.94 bits per heavy atom. The number of benzene rings is 1. The third-order valence-corrected chi connectivity index (χ3v) is 3.24. The van der Waals surface area contributed by atoms with Crippen molar-refractivity contribution in [3.05, 3.63) is 33.4 Å². The molecule has 0 heterocycles. The van der Waals surface area contributed by atoms with E-state index in [9.17, 15) is 9.59 Å². The highest BCUT2D eigenvalue weighted by Crippen LogP contribution is 2.25. The van der Waals surface area contributed by atoms with Crippen LogP contribution in [0.15, 0.2) is 0 Å². The number of ether oxygens (including phenoxy) is 1. The second kappa shape index (κ2) is 4.47. The number of hydrogen-bond donors (Lipinski definition) is 0. The molecule has 86 valence electrons. The van der Waals surface area contributed by atoms with Crippen LogP contribution in [0.25, 0.3) is 0 Å². The Morgan fingerprint density at radius 1 is 1.00 bits per heavy atom. The van der Waals surface area contributed by atoms with Crippen LogP contribution in [-0.2, 0) is 4.74 Å². The number of carbonyl (C=O) groups is 2. The van der Waals surface area contributed by atoms with Crippen LogP contribution in [0.4, 0.5) is 0 Å². The zero-order valence-electron chi connectivity index (χ0n) is 10.3. The van der Waals surface area contributed by atoms with Crippen LogP contribution in [-0.4, -0.2) is 19.4 Å². The minimum atomic E-state index is -0.453. The third kappa shape index (κ3) is 1.73. The first-order valence-electron chi connectivity index (χ1n) is 5.09. The maximum atomic E-state index is 11.6. The number of rotatable bonds is 2. The summed E-state index contributed by atoms with van der Waals surface area (Å²) in [5.41, 5.74) is 4.57. The topological polar surface area (TPSA) is 43.4 Å². The predicted octanol–water partition coefficient (Wildman–Crippen LogP) is 2.52. The second-order valence-electron chi connectivity index (χ2n) is 3.90. The summed E-state index contributed by atoms with van der Waals surface area (Å²) in [4.78, 5) is 22.7. The summed E-state index contributed by atoms with van der Waals surface area (Å²) in [6.45, 7) is 7.57. The van der Waals surface area contributed by atoms with Crippen LogP contribution in [0, 0.1) is 27.7 Å². The van der Waals surface area contributed by atoms with Gasteiger partial charge in [-0.1, -0.05) is 0 Å². The summed E-state index contributed by atoms with van der Waals surface area (Å²) in [6.07, 6.45) is 0.723. The van der Waals surface area contributed by atoms with Crippen LogP contribution in [0.2, 0.25) is 0 Å². The molecule has 0 spiro atoms. The van der Waals surface area contributed by atoms with Crippen LogP contribution in [0.3, 0.4) is 0 Å². The lowest BCUT2D eigenvalue weighted by Gasteiger charge is -2.15. The Kier molecular flexibility index (Phi) is 3.48. The predicted molar refractivity (Wildman–Crippen MR) is 62.1 cm³/mol. The van der Waals surface area contributed by atoms with Crippen molar-refractivity contribution in [1.29, 1.82) is 0 Å². The molecule has 3 nitrogen and oxygen atoms in total. The summed E-state index contributed by atoms with van der Waals surface area (Å²) in [6, 6.07) is 0. The van der Waals surface area contributed by atoms with E-state index in [4.69, 9.17) is 4.74 Å². The Balaban J connectivity index is 3.70. The average molecular weight is 220 g/mol. The molecule has 0 fully saturated rings. The summed E-state index contributed by atoms with van der Waals surface area (Å²) < 4.78 is 4.71. The minimum absolute atomic E-state index is 0.387. The lowest BCUT2D eigenvalue weighted by atomic mass is 9.89. The van der Waals surface area contributed by atoms with E-state index in [1.807, 2.05) is 27.7 Å². The van der Waals surface area contributed by atoms with E-state index in [1.165, 1.54) is 7.11 Å². The number of aldehydes is 1. The van der Waals surface area contributed by atoms with Gasteiger partial charge in [0.25, 0.3) is 0 Å². The molecule has 0 saturated heterocycles. The van der Waals surface area contributed by atoms with E-state index in [1.54, 1.807) is 0 Å². The van der Waals surface area contributed by atoms with E-state index in [0.29, 0.717) is 11.1 Å². The van der Waals surface area contributed by atoms with Gasteiger partial charge >= 0.3 is 5.97 Å². The Bertz CT molecular complexity index is 459. The standard InChI is InChI=1S/C13H16O3/c1-7-8(2)10(4)12(13(15)16-5)11(6-14)9(7)3/h6H,1-5H3. The molecule has 0 aliphatic heterocycles. The molecule has 0 amide bonds. The zero-order valence-corrected chi connectivity index (χ0v) is 10.3. The molecule has 1 aromatic carbocycles. The Hall–Kier alpha value is -1.64. The molecular formula is C13H16O3. The summed E-state index contributed by atoms with van der Waals surface area (Å²) >= 11 is 0. The van der Waals surface area contributed by atoms with Gasteiger partial charge in [0, 0.05) is 5.56 Å². The van der Waals surface area contributed by atoms with Crippen LogP contribution in [0.5, 0.6) is 0 Å². The molecule has 3 heteroatoms. The van der Waals surface area contributed by atoms with Crippen molar-refractivity contribution < 1.29 is 14.3 Å². The highest BCUT2D eigenvalue weighted by Gasteiger charge is 2.20. The van der Waals surface area contributed by atoms with Crippen LogP contribution < -0.4 is 0 Å². The van der Waals surface area contributed by atoms with Crippen molar-refractivity contribution in [3.8, 4) is 0 Å². The highest BCUT2D eigenvalue weighted by atomic mass is 16.5. The van der Waals surface area contributed by atoms with Crippen LogP contribution in [0.1, 0.15) is 43.0 Å². The lowest BCUT2D eigenvalue weighted by molar-refractivity contribution is 0.0597. The van der Waals surface area contributed by atoms with E-state index in [0.717, 1.165) is 28.5 Å². The summed E-state index contributed by atoms with van der Waals surface area (Å²) in [5, 5.41) is 0. The molecule has 0 aromatic heterocycles. The smallest absolute Gasteiger partial charge is 0.338 e. The van der Waals surface area contributed by atoms with Gasteiger partial charge < -0.3 is 4.74 Å². The first-order chi connectivity index (χ1) is 7.45. The molecule has 0 aliphatic carbocycles. The molecule has 0 saturated carbocycles. The van der Waals surface area contributed by atoms with Gasteiger partial charge in [-0.2, -0.15) is 0 Å². The monoisotopic (exact) mass is 220 g/mol.